The summed E-state index contributed by atoms with van der Waals surface area (Å²) in [6.07, 6.45) is 5.63. The van der Waals surface area contributed by atoms with E-state index in [2.05, 4.69) is 4.31 Å². The van der Waals surface area contributed by atoms with Gasteiger partial charge in [0.05, 0.1) is 12.0 Å². The fraction of sp³-hybridized carbons (Fsp3) is 0.684. The predicted octanol–water partition coefficient (Wildman–Crippen LogP) is 5.88. The Balaban J connectivity index is 0.00000151. The van der Waals surface area contributed by atoms with Crippen molar-refractivity contribution < 1.29 is 8.95 Å². The Morgan fingerprint density at radius 3 is 2.48 bits per heavy atom. The minimum Gasteiger partial charge on any atom is -0.497 e. The van der Waals surface area contributed by atoms with Gasteiger partial charge in [-0.2, -0.15) is 0 Å². The van der Waals surface area contributed by atoms with E-state index in [-0.39, 0.29) is 0 Å². The van der Waals surface area contributed by atoms with Gasteiger partial charge in [0.1, 0.15) is 16.7 Å². The van der Waals surface area contributed by atoms with Crippen LogP contribution < -0.4 is 4.74 Å². The first-order valence-corrected chi connectivity index (χ1v) is 12.1. The molecule has 2 atom stereocenters. The minimum atomic E-state index is -1.10. The van der Waals surface area contributed by atoms with Crippen molar-refractivity contribution in [3.05, 3.63) is 23.3 Å². The van der Waals surface area contributed by atoms with Crippen LogP contribution in [-0.4, -0.2) is 34.0 Å². The van der Waals surface area contributed by atoms with E-state index < -0.39 is 11.0 Å². The van der Waals surface area contributed by atoms with E-state index in [0.717, 1.165) is 59.8 Å². The molecule has 0 bridgehead atoms. The lowest BCUT2D eigenvalue weighted by Crippen LogP contribution is -2.41. The molecule has 3 nitrogen and oxygen atoms in total. The molecule has 1 heterocycles. The highest BCUT2D eigenvalue weighted by molar-refractivity contribution is 8.21. The van der Waals surface area contributed by atoms with Crippen molar-refractivity contribution >= 4 is 32.6 Å². The molecule has 1 aromatic carbocycles. The lowest BCUT2D eigenvalue weighted by Gasteiger charge is -2.35. The van der Waals surface area contributed by atoms with Gasteiger partial charge in [-0.25, -0.2) is 8.51 Å². The van der Waals surface area contributed by atoms with Crippen LogP contribution in [0.4, 0.5) is 0 Å². The summed E-state index contributed by atoms with van der Waals surface area (Å²) < 4.78 is 20.8. The van der Waals surface area contributed by atoms with Crippen LogP contribution >= 0.6 is 21.7 Å². The fourth-order valence-electron chi connectivity index (χ4n) is 3.28. The van der Waals surface area contributed by atoms with Crippen LogP contribution in [-0.2, 0) is 11.0 Å². The molecule has 1 fully saturated rings. The lowest BCUT2D eigenvalue weighted by atomic mass is 10.0. The highest BCUT2D eigenvalue weighted by Gasteiger charge is 2.29. The van der Waals surface area contributed by atoms with Gasteiger partial charge in [-0.05, 0) is 73.5 Å². The first kappa shape index (κ1) is 22.8. The molecular weight excluding hydrogens is 374 g/mol. The van der Waals surface area contributed by atoms with Crippen molar-refractivity contribution in [2.45, 2.75) is 70.7 Å². The molecule has 1 aromatic rings. The molecule has 0 aromatic heterocycles. The number of nitrogens with zero attached hydrogens (tertiary/aromatic N) is 1. The maximum atomic E-state index is 13.2. The molecule has 0 spiro atoms. The van der Waals surface area contributed by atoms with Gasteiger partial charge in [0.25, 0.3) is 0 Å². The van der Waals surface area contributed by atoms with Crippen LogP contribution in [0.1, 0.15) is 57.1 Å². The first-order valence-electron chi connectivity index (χ1n) is 9.15. The summed E-state index contributed by atoms with van der Waals surface area (Å²) in [5, 5.41) is 0. The van der Waals surface area contributed by atoms with E-state index in [4.69, 9.17) is 15.4 Å². The number of hydrogen-bond donors (Lipinski definition) is 0. The van der Waals surface area contributed by atoms with Crippen LogP contribution in [0.3, 0.4) is 0 Å². The molecule has 0 N–H and O–H groups in total. The zero-order chi connectivity index (χ0) is 18.8. The highest BCUT2D eigenvalue weighted by Crippen LogP contribution is 2.31. The molecular formula is C19H32ClNO2S2. The largest absolute Gasteiger partial charge is 0.497 e. The summed E-state index contributed by atoms with van der Waals surface area (Å²) in [5.41, 5.74) is 2.08. The quantitative estimate of drug-likeness (QED) is 0.530. The number of rotatable bonds is 7. The minimum absolute atomic E-state index is 0.398. The molecule has 0 aliphatic carbocycles. The normalized spacial score (nSPS) is 19.0. The van der Waals surface area contributed by atoms with E-state index in [9.17, 15) is 4.21 Å². The molecule has 0 saturated carbocycles. The molecule has 144 valence electrons. The number of hydrogen-bond acceptors (Lipinski definition) is 3. The second kappa shape index (κ2) is 12.2. The van der Waals surface area contributed by atoms with E-state index in [1.165, 1.54) is 17.4 Å². The van der Waals surface area contributed by atoms with Crippen LogP contribution in [0.5, 0.6) is 5.75 Å². The van der Waals surface area contributed by atoms with E-state index in [0.29, 0.717) is 6.04 Å². The molecule has 6 heteroatoms. The third-order valence-electron chi connectivity index (χ3n) is 4.39. The van der Waals surface area contributed by atoms with Gasteiger partial charge in [0, 0.05) is 18.3 Å². The second-order valence-electron chi connectivity index (χ2n) is 6.09. The summed E-state index contributed by atoms with van der Waals surface area (Å²) in [6.45, 7) is 8.95. The zero-order valence-corrected chi connectivity index (χ0v) is 18.5. The maximum absolute atomic E-state index is 13.2. The van der Waals surface area contributed by atoms with Crippen molar-refractivity contribution in [1.29, 1.82) is 0 Å². The van der Waals surface area contributed by atoms with Crippen molar-refractivity contribution in [2.24, 2.45) is 0 Å². The first-order chi connectivity index (χ1) is 12.1. The van der Waals surface area contributed by atoms with Crippen LogP contribution in [0.2, 0.25) is 0 Å². The van der Waals surface area contributed by atoms with Gasteiger partial charge in [-0.15, -0.1) is 0 Å². The van der Waals surface area contributed by atoms with Crippen LogP contribution in [0, 0.1) is 13.8 Å². The average Bonchev–Trinajstić information content (AvgIpc) is 2.63. The SMILES string of the molecule is CC.COc1cc(C)c(S(=O)N2CCCCC2CCCSCl)c(C)c1. The summed E-state index contributed by atoms with van der Waals surface area (Å²) in [6, 6.07) is 4.35. The molecule has 1 saturated heterocycles. The van der Waals surface area contributed by atoms with E-state index >= 15 is 0 Å². The Morgan fingerprint density at radius 1 is 1.28 bits per heavy atom. The lowest BCUT2D eigenvalue weighted by molar-refractivity contribution is 0.250. The number of halogens is 1. The summed E-state index contributed by atoms with van der Waals surface area (Å²) in [5.74, 6) is 1.79. The van der Waals surface area contributed by atoms with Crippen LogP contribution in [0.25, 0.3) is 0 Å². The van der Waals surface area contributed by atoms with Gasteiger partial charge in [0.2, 0.25) is 0 Å². The van der Waals surface area contributed by atoms with Gasteiger partial charge in [-0.3, -0.25) is 0 Å². The molecule has 1 aliphatic rings. The third kappa shape index (κ3) is 6.46. The summed E-state index contributed by atoms with van der Waals surface area (Å²) in [4.78, 5) is 0.949. The van der Waals surface area contributed by atoms with Crippen molar-refractivity contribution in [1.82, 2.24) is 4.31 Å². The second-order valence-corrected chi connectivity index (χ2v) is 8.74. The highest BCUT2D eigenvalue weighted by atomic mass is 35.7. The van der Waals surface area contributed by atoms with Crippen molar-refractivity contribution in [3.63, 3.8) is 0 Å². The standard InChI is InChI=1S/C17H26ClNO2S2.C2H6/c1-13-11-16(21-3)12-14(2)17(13)23(20)19-9-5-4-7-15(19)8-6-10-22-18;1-2/h11-12,15H,4-10H2,1-3H3;1-2H3. The van der Waals surface area contributed by atoms with Crippen molar-refractivity contribution in [2.75, 3.05) is 19.4 Å². The molecule has 2 rings (SSSR count). The molecule has 2 unspecified atom stereocenters. The Labute approximate surface area is 164 Å². The van der Waals surface area contributed by atoms with Gasteiger partial charge in [0.15, 0.2) is 0 Å². The summed E-state index contributed by atoms with van der Waals surface area (Å²) in [7, 11) is 7.65. The number of ether oxygens (including phenoxy) is 1. The molecule has 0 radical (unpaired) electrons. The maximum Gasteiger partial charge on any atom is 0.128 e. The molecule has 1 aliphatic heterocycles. The Hall–Kier alpha value is -0.230. The number of benzene rings is 1. The van der Waals surface area contributed by atoms with E-state index in [1.54, 1.807) is 7.11 Å². The number of piperidine rings is 1. The Bertz CT molecular complexity index is 531. The smallest absolute Gasteiger partial charge is 0.128 e. The molecule has 0 amide bonds. The Kier molecular flexibility index (Phi) is 11.1. The molecule has 25 heavy (non-hydrogen) atoms. The number of methoxy groups -OCH3 is 1. The van der Waals surface area contributed by atoms with Crippen molar-refractivity contribution in [3.8, 4) is 5.75 Å². The summed E-state index contributed by atoms with van der Waals surface area (Å²) >= 11 is 0. The average molecular weight is 406 g/mol. The van der Waals surface area contributed by atoms with Crippen LogP contribution in [0.15, 0.2) is 17.0 Å². The van der Waals surface area contributed by atoms with E-state index in [1.807, 2.05) is 39.8 Å². The monoisotopic (exact) mass is 405 g/mol. The predicted molar refractivity (Wildman–Crippen MR) is 112 cm³/mol. The topological polar surface area (TPSA) is 29.5 Å². The fourth-order valence-corrected chi connectivity index (χ4v) is 5.56. The number of aryl methyl sites for hydroxylation is 2. The van der Waals surface area contributed by atoms with Gasteiger partial charge >= 0.3 is 0 Å². The third-order valence-corrected chi connectivity index (χ3v) is 7.19. The van der Waals surface area contributed by atoms with Gasteiger partial charge in [-0.1, -0.05) is 31.2 Å². The van der Waals surface area contributed by atoms with Gasteiger partial charge < -0.3 is 4.74 Å². The Morgan fingerprint density at radius 2 is 1.92 bits per heavy atom. The zero-order valence-electron chi connectivity index (χ0n) is 16.1.